The van der Waals surface area contributed by atoms with Crippen LogP contribution in [0.25, 0.3) is 0 Å². The maximum absolute atomic E-state index is 4.73. The van der Waals surface area contributed by atoms with E-state index in [4.69, 9.17) is 4.99 Å². The maximum Gasteiger partial charge on any atom is 0.0723 e. The molecule has 1 unspecified atom stereocenters. The largest absolute Gasteiger partial charge is 0.285 e. The van der Waals surface area contributed by atoms with Gasteiger partial charge in [0.05, 0.1) is 6.04 Å². The third-order valence-corrected chi connectivity index (χ3v) is 3.97. The molecule has 0 aromatic heterocycles. The summed E-state index contributed by atoms with van der Waals surface area (Å²) in [6.45, 7) is 8.69. The predicted molar refractivity (Wildman–Crippen MR) is 92.4 cm³/mol. The smallest absolute Gasteiger partial charge is 0.0723 e. The monoisotopic (exact) mass is 279 g/mol. The van der Waals surface area contributed by atoms with Crippen LogP contribution in [0.15, 0.2) is 47.5 Å². The highest BCUT2D eigenvalue weighted by Crippen LogP contribution is 2.23. The zero-order valence-electron chi connectivity index (χ0n) is 13.6. The van der Waals surface area contributed by atoms with Crippen molar-refractivity contribution < 1.29 is 0 Å². The van der Waals surface area contributed by atoms with E-state index in [1.54, 1.807) is 0 Å². The van der Waals surface area contributed by atoms with Crippen LogP contribution in [0.1, 0.15) is 54.6 Å². The van der Waals surface area contributed by atoms with Crippen LogP contribution in [-0.4, -0.2) is 6.21 Å². The highest BCUT2D eigenvalue weighted by atomic mass is 14.8. The summed E-state index contributed by atoms with van der Waals surface area (Å²) >= 11 is 0. The van der Waals surface area contributed by atoms with E-state index in [0.29, 0.717) is 0 Å². The van der Waals surface area contributed by atoms with Crippen LogP contribution < -0.4 is 0 Å². The van der Waals surface area contributed by atoms with Gasteiger partial charge in [0.1, 0.15) is 0 Å². The maximum atomic E-state index is 4.73. The fourth-order valence-corrected chi connectivity index (χ4v) is 2.52. The first-order valence-electron chi connectivity index (χ1n) is 7.85. The molecule has 2 rings (SSSR count). The predicted octanol–water partition coefficient (Wildman–Crippen LogP) is 5.30. The fraction of sp³-hybridized carbons (Fsp3) is 0.350. The van der Waals surface area contributed by atoms with Gasteiger partial charge < -0.3 is 0 Å². The summed E-state index contributed by atoms with van der Waals surface area (Å²) < 4.78 is 0. The van der Waals surface area contributed by atoms with E-state index < -0.39 is 0 Å². The molecule has 0 amide bonds. The van der Waals surface area contributed by atoms with Gasteiger partial charge in [0, 0.05) is 6.21 Å². The fourth-order valence-electron chi connectivity index (χ4n) is 2.52. The molecule has 0 saturated carbocycles. The Bertz CT molecular complexity index is 608. The lowest BCUT2D eigenvalue weighted by atomic mass is 9.96. The minimum atomic E-state index is 0.201. The van der Waals surface area contributed by atoms with Crippen LogP contribution >= 0.6 is 0 Å². The Morgan fingerprint density at radius 1 is 1.00 bits per heavy atom. The van der Waals surface area contributed by atoms with E-state index in [2.05, 4.69) is 70.2 Å². The zero-order valence-corrected chi connectivity index (χ0v) is 13.6. The molecule has 0 fully saturated rings. The Morgan fingerprint density at radius 2 is 1.71 bits per heavy atom. The Hall–Kier alpha value is -1.89. The van der Waals surface area contributed by atoms with Crippen molar-refractivity contribution in [2.24, 2.45) is 4.99 Å². The Morgan fingerprint density at radius 3 is 2.33 bits per heavy atom. The SMILES string of the molecule is CCc1ccc(C(C)N=Cc2ccc(C)cc2)c(CC)c1. The van der Waals surface area contributed by atoms with Gasteiger partial charge in [-0.1, -0.05) is 61.9 Å². The van der Waals surface area contributed by atoms with Gasteiger partial charge in [0.2, 0.25) is 0 Å². The number of aliphatic imine (C=N–C) groups is 1. The molecule has 0 N–H and O–H groups in total. The molecule has 2 aromatic carbocycles. The zero-order chi connectivity index (χ0) is 15.2. The van der Waals surface area contributed by atoms with E-state index in [1.807, 2.05) is 6.21 Å². The minimum absolute atomic E-state index is 0.201. The van der Waals surface area contributed by atoms with E-state index >= 15 is 0 Å². The Kier molecular flexibility index (Phi) is 5.32. The van der Waals surface area contributed by atoms with Crippen molar-refractivity contribution in [3.63, 3.8) is 0 Å². The van der Waals surface area contributed by atoms with Gasteiger partial charge in [-0.05, 0) is 48.9 Å². The van der Waals surface area contributed by atoms with Crippen LogP contribution in [-0.2, 0) is 12.8 Å². The van der Waals surface area contributed by atoms with Crippen LogP contribution in [0, 0.1) is 6.92 Å². The molecule has 21 heavy (non-hydrogen) atoms. The number of rotatable bonds is 5. The van der Waals surface area contributed by atoms with Gasteiger partial charge in [-0.2, -0.15) is 0 Å². The standard InChI is InChI=1S/C20H25N/c1-5-17-11-12-20(19(6-2)13-17)16(4)21-14-18-9-7-15(3)8-10-18/h7-14,16H,5-6H2,1-4H3. The lowest BCUT2D eigenvalue weighted by Gasteiger charge is -2.13. The highest BCUT2D eigenvalue weighted by Gasteiger charge is 2.08. The van der Waals surface area contributed by atoms with Crippen molar-refractivity contribution in [1.29, 1.82) is 0 Å². The molecule has 0 aliphatic rings. The second-order valence-corrected chi connectivity index (χ2v) is 5.61. The Balaban J connectivity index is 2.19. The summed E-state index contributed by atoms with van der Waals surface area (Å²) in [5.74, 6) is 0. The molecule has 0 bridgehead atoms. The summed E-state index contributed by atoms with van der Waals surface area (Å²) in [7, 11) is 0. The average molecular weight is 279 g/mol. The van der Waals surface area contributed by atoms with Gasteiger partial charge in [0.25, 0.3) is 0 Å². The van der Waals surface area contributed by atoms with Gasteiger partial charge in [-0.15, -0.1) is 0 Å². The second-order valence-electron chi connectivity index (χ2n) is 5.61. The van der Waals surface area contributed by atoms with Crippen LogP contribution in [0.3, 0.4) is 0 Å². The number of hydrogen-bond donors (Lipinski definition) is 0. The molecular weight excluding hydrogens is 254 g/mol. The second kappa shape index (κ2) is 7.21. The molecule has 0 aliphatic heterocycles. The van der Waals surface area contributed by atoms with Crippen LogP contribution in [0.5, 0.6) is 0 Å². The van der Waals surface area contributed by atoms with Crippen molar-refractivity contribution in [2.75, 3.05) is 0 Å². The molecule has 0 radical (unpaired) electrons. The number of benzene rings is 2. The molecule has 2 aromatic rings. The molecule has 0 heterocycles. The molecule has 0 aliphatic carbocycles. The van der Waals surface area contributed by atoms with Gasteiger partial charge in [-0.25, -0.2) is 0 Å². The summed E-state index contributed by atoms with van der Waals surface area (Å²) in [5, 5.41) is 0. The lowest BCUT2D eigenvalue weighted by molar-refractivity contribution is 0.805. The molecular formula is C20H25N. The van der Waals surface area contributed by atoms with E-state index in [1.165, 1.54) is 22.3 Å². The molecule has 1 nitrogen and oxygen atoms in total. The molecule has 1 atom stereocenters. The summed E-state index contributed by atoms with van der Waals surface area (Å²) in [6.07, 6.45) is 4.14. The third-order valence-electron chi connectivity index (χ3n) is 3.97. The molecule has 0 spiro atoms. The van der Waals surface area contributed by atoms with Gasteiger partial charge in [-0.3, -0.25) is 4.99 Å². The number of aryl methyl sites for hydroxylation is 3. The topological polar surface area (TPSA) is 12.4 Å². The van der Waals surface area contributed by atoms with Crippen molar-refractivity contribution in [1.82, 2.24) is 0 Å². The quantitative estimate of drug-likeness (QED) is 0.659. The number of hydrogen-bond acceptors (Lipinski definition) is 1. The van der Waals surface area contributed by atoms with Crippen molar-refractivity contribution in [2.45, 2.75) is 46.6 Å². The van der Waals surface area contributed by atoms with Gasteiger partial charge in [0.15, 0.2) is 0 Å². The first kappa shape index (κ1) is 15.5. The summed E-state index contributed by atoms with van der Waals surface area (Å²) in [6, 6.07) is 15.5. The molecule has 0 saturated heterocycles. The van der Waals surface area contributed by atoms with Gasteiger partial charge >= 0.3 is 0 Å². The normalized spacial score (nSPS) is 12.8. The van der Waals surface area contributed by atoms with E-state index in [9.17, 15) is 0 Å². The van der Waals surface area contributed by atoms with Crippen molar-refractivity contribution in [3.05, 3.63) is 70.3 Å². The third kappa shape index (κ3) is 4.04. The van der Waals surface area contributed by atoms with Crippen LogP contribution in [0.2, 0.25) is 0 Å². The number of nitrogens with zero attached hydrogens (tertiary/aromatic N) is 1. The van der Waals surface area contributed by atoms with E-state index in [-0.39, 0.29) is 6.04 Å². The average Bonchev–Trinajstić information content (AvgIpc) is 2.53. The van der Waals surface area contributed by atoms with E-state index in [0.717, 1.165) is 18.4 Å². The first-order valence-corrected chi connectivity index (χ1v) is 7.85. The molecule has 1 heteroatoms. The highest BCUT2D eigenvalue weighted by molar-refractivity contribution is 5.79. The molecule has 110 valence electrons. The first-order chi connectivity index (χ1) is 10.1. The minimum Gasteiger partial charge on any atom is -0.285 e. The lowest BCUT2D eigenvalue weighted by Crippen LogP contribution is -1.98. The summed E-state index contributed by atoms with van der Waals surface area (Å²) in [5.41, 5.74) is 6.62. The van der Waals surface area contributed by atoms with Crippen molar-refractivity contribution >= 4 is 6.21 Å². The van der Waals surface area contributed by atoms with Crippen LogP contribution in [0.4, 0.5) is 0 Å². The Labute approximate surface area is 128 Å². The van der Waals surface area contributed by atoms with Crippen molar-refractivity contribution in [3.8, 4) is 0 Å². The summed E-state index contributed by atoms with van der Waals surface area (Å²) in [4.78, 5) is 4.73.